The lowest BCUT2D eigenvalue weighted by molar-refractivity contribution is -0.143. The van der Waals surface area contributed by atoms with Gasteiger partial charge >= 0.3 is 5.97 Å². The predicted octanol–water partition coefficient (Wildman–Crippen LogP) is 2.95. The van der Waals surface area contributed by atoms with E-state index in [2.05, 4.69) is 6.92 Å². The minimum atomic E-state index is -0.918. The number of phenols is 1. The van der Waals surface area contributed by atoms with Gasteiger partial charge in [0, 0.05) is 5.56 Å². The number of hydrogen-bond acceptors (Lipinski definition) is 3. The average molecular weight is 265 g/mol. The van der Waals surface area contributed by atoms with Crippen molar-refractivity contribution in [2.45, 2.75) is 39.7 Å². The molecule has 19 heavy (non-hydrogen) atoms. The van der Waals surface area contributed by atoms with Crippen LogP contribution in [-0.4, -0.2) is 34.2 Å². The van der Waals surface area contributed by atoms with Crippen molar-refractivity contribution < 1.29 is 15.0 Å². The van der Waals surface area contributed by atoms with Crippen LogP contribution in [0.5, 0.6) is 5.75 Å². The lowest BCUT2D eigenvalue weighted by Crippen LogP contribution is -2.34. The molecule has 1 aromatic rings. The van der Waals surface area contributed by atoms with Crippen LogP contribution in [0.1, 0.15) is 43.9 Å². The Balaban J connectivity index is 3.11. The quantitative estimate of drug-likeness (QED) is 0.795. The Kier molecular flexibility index (Phi) is 5.83. The molecule has 4 nitrogen and oxygen atoms in total. The number of phenolic OH excluding ortho intramolecular Hbond substituents is 1. The highest BCUT2D eigenvalue weighted by Gasteiger charge is 2.28. The zero-order chi connectivity index (χ0) is 14.4. The average Bonchev–Trinajstić information content (AvgIpc) is 2.37. The molecule has 0 fully saturated rings. The highest BCUT2D eigenvalue weighted by molar-refractivity contribution is 5.76. The second-order valence-corrected chi connectivity index (χ2v) is 4.79. The van der Waals surface area contributed by atoms with Gasteiger partial charge in [0.25, 0.3) is 0 Å². The maximum absolute atomic E-state index is 11.6. The third-order valence-corrected chi connectivity index (χ3v) is 3.28. The Hall–Kier alpha value is -1.55. The summed E-state index contributed by atoms with van der Waals surface area (Å²) in [7, 11) is 0. The summed E-state index contributed by atoms with van der Waals surface area (Å²) in [6.45, 7) is 7.28. The van der Waals surface area contributed by atoms with Gasteiger partial charge < -0.3 is 10.2 Å². The topological polar surface area (TPSA) is 60.8 Å². The molecule has 1 unspecified atom stereocenters. The van der Waals surface area contributed by atoms with Gasteiger partial charge in [-0.2, -0.15) is 0 Å². The normalized spacial score (nSPS) is 12.6. The summed E-state index contributed by atoms with van der Waals surface area (Å²) in [4.78, 5) is 13.5. The number of carboxylic acid groups (broad SMARTS) is 1. The summed E-state index contributed by atoms with van der Waals surface area (Å²) < 4.78 is 0. The molecule has 1 rings (SSSR count). The maximum atomic E-state index is 11.6. The van der Waals surface area contributed by atoms with Crippen LogP contribution in [0.4, 0.5) is 0 Å². The van der Waals surface area contributed by atoms with E-state index in [9.17, 15) is 15.0 Å². The minimum absolute atomic E-state index is 0.0490. The van der Waals surface area contributed by atoms with E-state index >= 15 is 0 Å². The van der Waals surface area contributed by atoms with Gasteiger partial charge in [0.05, 0.1) is 0 Å². The highest BCUT2D eigenvalue weighted by Crippen LogP contribution is 2.30. The number of unbranched alkanes of at least 4 members (excludes halogenated alkanes) is 1. The molecule has 2 N–H and O–H groups in total. The van der Waals surface area contributed by atoms with Crippen LogP contribution in [0.25, 0.3) is 0 Å². The molecule has 0 heterocycles. The summed E-state index contributed by atoms with van der Waals surface area (Å²) in [5, 5.41) is 19.4. The largest absolute Gasteiger partial charge is 0.508 e. The molecule has 0 amide bonds. The number of carbonyl (C=O) groups is 1. The molecule has 0 spiro atoms. The molecule has 0 aliphatic rings. The Morgan fingerprint density at radius 2 is 2.05 bits per heavy atom. The number of aliphatic carboxylic acids is 1. The first-order valence-corrected chi connectivity index (χ1v) is 6.77. The van der Waals surface area contributed by atoms with E-state index in [1.807, 2.05) is 18.7 Å². The van der Waals surface area contributed by atoms with E-state index in [0.717, 1.165) is 24.9 Å². The number of aromatic hydroxyl groups is 1. The number of carboxylic acids is 1. The third-order valence-electron chi connectivity index (χ3n) is 3.28. The lowest BCUT2D eigenvalue weighted by atomic mass is 10.0. The number of benzene rings is 1. The van der Waals surface area contributed by atoms with E-state index in [4.69, 9.17) is 0 Å². The number of rotatable bonds is 7. The second kappa shape index (κ2) is 7.14. The lowest BCUT2D eigenvalue weighted by Gasteiger charge is -2.28. The van der Waals surface area contributed by atoms with Crippen molar-refractivity contribution in [2.24, 2.45) is 0 Å². The van der Waals surface area contributed by atoms with Gasteiger partial charge in [0.2, 0.25) is 0 Å². The van der Waals surface area contributed by atoms with Crippen molar-refractivity contribution >= 4 is 5.97 Å². The first kappa shape index (κ1) is 15.5. The van der Waals surface area contributed by atoms with Gasteiger partial charge in [0.1, 0.15) is 11.8 Å². The van der Waals surface area contributed by atoms with E-state index in [-0.39, 0.29) is 5.75 Å². The zero-order valence-electron chi connectivity index (χ0n) is 11.9. The number of likely N-dealkylation sites (N-methyl/N-ethyl adjacent to an activating group) is 1. The van der Waals surface area contributed by atoms with Crippen LogP contribution < -0.4 is 0 Å². The molecule has 0 bridgehead atoms. The fraction of sp³-hybridized carbons (Fsp3) is 0.533. The molecule has 1 aromatic carbocycles. The van der Waals surface area contributed by atoms with Crippen molar-refractivity contribution in [2.75, 3.05) is 13.1 Å². The number of hydrogen-bond donors (Lipinski definition) is 2. The van der Waals surface area contributed by atoms with Crippen LogP contribution >= 0.6 is 0 Å². The Morgan fingerprint density at radius 3 is 2.58 bits per heavy atom. The molecule has 0 aliphatic heterocycles. The summed E-state index contributed by atoms with van der Waals surface area (Å²) in [6, 6.07) is 4.31. The molecule has 1 atom stereocenters. The molecular weight excluding hydrogens is 242 g/mol. The molecule has 0 saturated carbocycles. The monoisotopic (exact) mass is 265 g/mol. The maximum Gasteiger partial charge on any atom is 0.325 e. The first-order valence-electron chi connectivity index (χ1n) is 6.77. The predicted molar refractivity (Wildman–Crippen MR) is 75.4 cm³/mol. The van der Waals surface area contributed by atoms with Gasteiger partial charge in [-0.25, -0.2) is 0 Å². The van der Waals surface area contributed by atoms with Crippen molar-refractivity contribution in [3.63, 3.8) is 0 Å². The fourth-order valence-corrected chi connectivity index (χ4v) is 2.21. The van der Waals surface area contributed by atoms with Crippen molar-refractivity contribution in [3.05, 3.63) is 29.3 Å². The SMILES string of the molecule is CCCCN(CC)C(C(=O)O)c1cc(C)ccc1O. The molecule has 0 aliphatic carbocycles. The summed E-state index contributed by atoms with van der Waals surface area (Å²) >= 11 is 0. The van der Waals surface area contributed by atoms with Gasteiger partial charge in [-0.3, -0.25) is 9.69 Å². The molecule has 0 radical (unpaired) electrons. The summed E-state index contributed by atoms with van der Waals surface area (Å²) in [6.07, 6.45) is 1.97. The van der Waals surface area contributed by atoms with Crippen LogP contribution in [0.3, 0.4) is 0 Å². The molecule has 106 valence electrons. The smallest absolute Gasteiger partial charge is 0.325 e. The Bertz CT molecular complexity index is 431. The van der Waals surface area contributed by atoms with Crippen LogP contribution in [0.2, 0.25) is 0 Å². The molecule has 0 saturated heterocycles. The van der Waals surface area contributed by atoms with Gasteiger partial charge in [-0.15, -0.1) is 0 Å². The van der Waals surface area contributed by atoms with Gasteiger partial charge in [-0.1, -0.05) is 38.0 Å². The van der Waals surface area contributed by atoms with Crippen LogP contribution in [-0.2, 0) is 4.79 Å². The number of nitrogens with zero attached hydrogens (tertiary/aromatic N) is 1. The van der Waals surface area contributed by atoms with Gasteiger partial charge in [-0.05, 0) is 32.5 Å². The third kappa shape index (κ3) is 3.96. The van der Waals surface area contributed by atoms with Crippen molar-refractivity contribution in [1.29, 1.82) is 0 Å². The Labute approximate surface area is 114 Å². The molecule has 0 aromatic heterocycles. The highest BCUT2D eigenvalue weighted by atomic mass is 16.4. The van der Waals surface area contributed by atoms with Crippen molar-refractivity contribution in [3.8, 4) is 5.75 Å². The zero-order valence-corrected chi connectivity index (χ0v) is 11.9. The van der Waals surface area contributed by atoms with E-state index in [1.165, 1.54) is 0 Å². The van der Waals surface area contributed by atoms with E-state index in [1.54, 1.807) is 18.2 Å². The fourth-order valence-electron chi connectivity index (χ4n) is 2.21. The second-order valence-electron chi connectivity index (χ2n) is 4.79. The van der Waals surface area contributed by atoms with Crippen LogP contribution in [0, 0.1) is 6.92 Å². The first-order chi connectivity index (χ1) is 9.01. The van der Waals surface area contributed by atoms with E-state index < -0.39 is 12.0 Å². The van der Waals surface area contributed by atoms with Gasteiger partial charge in [0.15, 0.2) is 0 Å². The Morgan fingerprint density at radius 1 is 1.37 bits per heavy atom. The van der Waals surface area contributed by atoms with E-state index in [0.29, 0.717) is 12.1 Å². The molecule has 4 heteroatoms. The standard InChI is InChI=1S/C15H23NO3/c1-4-6-9-16(5-2)14(15(18)19)12-10-11(3)7-8-13(12)17/h7-8,10,14,17H,4-6,9H2,1-3H3,(H,18,19). The van der Waals surface area contributed by atoms with Crippen molar-refractivity contribution in [1.82, 2.24) is 4.90 Å². The summed E-state index contributed by atoms with van der Waals surface area (Å²) in [5.74, 6) is -0.869. The van der Waals surface area contributed by atoms with Crippen LogP contribution in [0.15, 0.2) is 18.2 Å². The summed E-state index contributed by atoms with van der Waals surface area (Å²) in [5.41, 5.74) is 1.43. The minimum Gasteiger partial charge on any atom is -0.508 e. The molecular formula is C15H23NO3. The number of aryl methyl sites for hydroxylation is 1.